The number of hydrogen-bond donors (Lipinski definition) is 3. The average Bonchev–Trinajstić information content (AvgIpc) is 2.62. The van der Waals surface area contributed by atoms with Crippen molar-refractivity contribution in [3.05, 3.63) is 42.1 Å². The van der Waals surface area contributed by atoms with Crippen LogP contribution >= 0.6 is 24.0 Å². The molecule has 8 heteroatoms. The van der Waals surface area contributed by atoms with Crippen molar-refractivity contribution in [3.63, 3.8) is 0 Å². The molecule has 1 amide bonds. The first kappa shape index (κ1) is 21.1. The molecular formula is C17H24IN5O2. The highest BCUT2D eigenvalue weighted by Crippen LogP contribution is 2.15. The molecule has 0 spiro atoms. The first-order chi connectivity index (χ1) is 11.7. The van der Waals surface area contributed by atoms with Crippen LogP contribution in [0.2, 0.25) is 0 Å². The molecule has 0 aliphatic heterocycles. The number of carbonyl (C=O) groups excluding carboxylic acids is 1. The molecule has 0 radical (unpaired) electrons. The van der Waals surface area contributed by atoms with Crippen molar-refractivity contribution in [2.75, 3.05) is 33.9 Å². The van der Waals surface area contributed by atoms with Crippen molar-refractivity contribution in [1.82, 2.24) is 20.9 Å². The van der Waals surface area contributed by atoms with Gasteiger partial charge >= 0.3 is 0 Å². The second-order valence-electron chi connectivity index (χ2n) is 5.11. The van der Waals surface area contributed by atoms with Crippen LogP contribution in [-0.4, -0.2) is 50.7 Å². The number of hydrogen-bond acceptors (Lipinski definition) is 4. The Labute approximate surface area is 164 Å². The Morgan fingerprint density at radius 2 is 2.00 bits per heavy atom. The summed E-state index contributed by atoms with van der Waals surface area (Å²) in [5.41, 5.74) is 2.07. The number of aromatic nitrogens is 1. The van der Waals surface area contributed by atoms with Crippen LogP contribution < -0.4 is 16.0 Å². The SMILES string of the molecule is CN=C(NCC(=O)NCCOC)NCc1ccnc2ccccc12.I. The number of nitrogens with one attached hydrogen (secondary N) is 3. The van der Waals surface area contributed by atoms with Crippen molar-refractivity contribution < 1.29 is 9.53 Å². The van der Waals surface area contributed by atoms with Crippen LogP contribution in [0, 0.1) is 0 Å². The van der Waals surface area contributed by atoms with Gasteiger partial charge in [-0.05, 0) is 17.7 Å². The number of pyridine rings is 1. The second kappa shape index (κ2) is 11.6. The summed E-state index contributed by atoms with van der Waals surface area (Å²) in [5.74, 6) is 0.460. The van der Waals surface area contributed by atoms with Gasteiger partial charge in [0, 0.05) is 38.8 Å². The first-order valence-electron chi connectivity index (χ1n) is 7.77. The Hall–Kier alpha value is -1.94. The van der Waals surface area contributed by atoms with Crippen LogP contribution in [0.3, 0.4) is 0 Å². The number of aliphatic imine (C=N–C) groups is 1. The van der Waals surface area contributed by atoms with E-state index in [2.05, 4.69) is 25.9 Å². The minimum atomic E-state index is -0.107. The number of methoxy groups -OCH3 is 1. The Morgan fingerprint density at radius 1 is 1.20 bits per heavy atom. The molecule has 0 saturated carbocycles. The van der Waals surface area contributed by atoms with E-state index in [1.807, 2.05) is 30.3 Å². The van der Waals surface area contributed by atoms with Gasteiger partial charge < -0.3 is 20.7 Å². The molecular weight excluding hydrogens is 433 g/mol. The molecule has 0 aliphatic rings. The predicted octanol–water partition coefficient (Wildman–Crippen LogP) is 1.28. The maximum Gasteiger partial charge on any atom is 0.239 e. The summed E-state index contributed by atoms with van der Waals surface area (Å²) in [7, 11) is 3.27. The molecule has 0 unspecified atom stereocenters. The minimum Gasteiger partial charge on any atom is -0.383 e. The van der Waals surface area contributed by atoms with E-state index in [-0.39, 0.29) is 36.4 Å². The van der Waals surface area contributed by atoms with Gasteiger partial charge in [-0.3, -0.25) is 14.8 Å². The zero-order valence-corrected chi connectivity index (χ0v) is 16.7. The van der Waals surface area contributed by atoms with Crippen LogP contribution in [0.25, 0.3) is 10.9 Å². The van der Waals surface area contributed by atoms with E-state index in [9.17, 15) is 4.79 Å². The maximum absolute atomic E-state index is 11.7. The quantitative estimate of drug-likeness (QED) is 0.253. The minimum absolute atomic E-state index is 0. The van der Waals surface area contributed by atoms with Gasteiger partial charge in [0.15, 0.2) is 5.96 Å². The van der Waals surface area contributed by atoms with Gasteiger partial charge in [0.1, 0.15) is 0 Å². The van der Waals surface area contributed by atoms with Crippen molar-refractivity contribution in [2.24, 2.45) is 4.99 Å². The highest BCUT2D eigenvalue weighted by molar-refractivity contribution is 14.0. The summed E-state index contributed by atoms with van der Waals surface area (Å²) in [4.78, 5) is 20.1. The summed E-state index contributed by atoms with van der Waals surface area (Å²) in [6, 6.07) is 9.95. The fourth-order valence-corrected chi connectivity index (χ4v) is 2.23. The molecule has 3 N–H and O–H groups in total. The van der Waals surface area contributed by atoms with Gasteiger partial charge in [-0.1, -0.05) is 18.2 Å². The molecule has 0 aliphatic carbocycles. The summed E-state index contributed by atoms with van der Waals surface area (Å²) in [6.07, 6.45) is 1.79. The molecule has 2 rings (SSSR count). The van der Waals surface area contributed by atoms with Crippen LogP contribution in [0.5, 0.6) is 0 Å². The van der Waals surface area contributed by atoms with Gasteiger partial charge in [0.25, 0.3) is 0 Å². The predicted molar refractivity (Wildman–Crippen MR) is 110 cm³/mol. The van der Waals surface area contributed by atoms with Crippen LogP contribution in [0.1, 0.15) is 5.56 Å². The van der Waals surface area contributed by atoms with Crippen molar-refractivity contribution in [1.29, 1.82) is 0 Å². The summed E-state index contributed by atoms with van der Waals surface area (Å²) in [6.45, 7) is 1.73. The molecule has 1 heterocycles. The number of nitrogens with zero attached hydrogens (tertiary/aromatic N) is 2. The van der Waals surface area contributed by atoms with Crippen molar-refractivity contribution >= 4 is 46.7 Å². The van der Waals surface area contributed by atoms with E-state index in [1.54, 1.807) is 20.4 Å². The van der Waals surface area contributed by atoms with E-state index in [4.69, 9.17) is 4.74 Å². The molecule has 0 atom stereocenters. The molecule has 7 nitrogen and oxygen atoms in total. The third kappa shape index (κ3) is 6.83. The first-order valence-corrected chi connectivity index (χ1v) is 7.77. The normalized spacial score (nSPS) is 10.9. The van der Waals surface area contributed by atoms with Gasteiger partial charge in [-0.15, -0.1) is 24.0 Å². The number of halogens is 1. The lowest BCUT2D eigenvalue weighted by atomic mass is 10.1. The molecule has 1 aromatic carbocycles. The third-order valence-electron chi connectivity index (χ3n) is 3.45. The lowest BCUT2D eigenvalue weighted by molar-refractivity contribution is -0.120. The number of rotatable bonds is 7. The fourth-order valence-electron chi connectivity index (χ4n) is 2.23. The molecule has 0 fully saturated rings. The average molecular weight is 457 g/mol. The Morgan fingerprint density at radius 3 is 2.76 bits per heavy atom. The lowest BCUT2D eigenvalue weighted by Crippen LogP contribution is -2.43. The zero-order valence-electron chi connectivity index (χ0n) is 14.4. The monoisotopic (exact) mass is 457 g/mol. The molecule has 2 aromatic rings. The largest absolute Gasteiger partial charge is 0.383 e. The molecule has 25 heavy (non-hydrogen) atoms. The highest BCUT2D eigenvalue weighted by atomic mass is 127. The van der Waals surface area contributed by atoms with E-state index in [0.29, 0.717) is 25.7 Å². The van der Waals surface area contributed by atoms with Gasteiger partial charge in [0.2, 0.25) is 5.91 Å². The van der Waals surface area contributed by atoms with E-state index >= 15 is 0 Å². The van der Waals surface area contributed by atoms with Crippen LogP contribution in [0.15, 0.2) is 41.5 Å². The van der Waals surface area contributed by atoms with Gasteiger partial charge in [-0.25, -0.2) is 0 Å². The number of carbonyl (C=O) groups is 1. The van der Waals surface area contributed by atoms with E-state index in [1.165, 1.54) is 0 Å². The second-order valence-corrected chi connectivity index (χ2v) is 5.11. The molecule has 0 bridgehead atoms. The van der Waals surface area contributed by atoms with Crippen molar-refractivity contribution in [2.45, 2.75) is 6.54 Å². The maximum atomic E-state index is 11.7. The molecule has 1 aromatic heterocycles. The number of fused-ring (bicyclic) bond motifs is 1. The van der Waals surface area contributed by atoms with Gasteiger partial charge in [0.05, 0.1) is 18.7 Å². The Kier molecular flexibility index (Phi) is 9.78. The number of amides is 1. The molecule has 0 saturated heterocycles. The standard InChI is InChI=1S/C17H23N5O2.HI/c1-18-17(22-12-16(23)20-9-10-24-2)21-11-13-7-8-19-15-6-4-3-5-14(13)15;/h3-8H,9-12H2,1-2H3,(H,20,23)(H2,18,21,22);1H. The summed E-state index contributed by atoms with van der Waals surface area (Å²) < 4.78 is 4.89. The number of ether oxygens (including phenoxy) is 1. The summed E-state index contributed by atoms with van der Waals surface area (Å²) >= 11 is 0. The van der Waals surface area contributed by atoms with Crippen LogP contribution in [0.4, 0.5) is 0 Å². The number of guanidine groups is 1. The van der Waals surface area contributed by atoms with Gasteiger partial charge in [-0.2, -0.15) is 0 Å². The highest BCUT2D eigenvalue weighted by Gasteiger charge is 2.05. The number of benzene rings is 1. The van der Waals surface area contributed by atoms with Crippen molar-refractivity contribution in [3.8, 4) is 0 Å². The van der Waals surface area contributed by atoms with E-state index in [0.717, 1.165) is 16.5 Å². The summed E-state index contributed by atoms with van der Waals surface area (Å²) in [5, 5.41) is 10.0. The molecule has 136 valence electrons. The van der Waals surface area contributed by atoms with E-state index < -0.39 is 0 Å². The lowest BCUT2D eigenvalue weighted by Gasteiger charge is -2.13. The number of para-hydroxylation sites is 1. The topological polar surface area (TPSA) is 87.6 Å². The smallest absolute Gasteiger partial charge is 0.239 e. The third-order valence-corrected chi connectivity index (χ3v) is 3.45. The Balaban J connectivity index is 0.00000312. The van der Waals surface area contributed by atoms with Crippen LogP contribution in [-0.2, 0) is 16.1 Å². The Bertz CT molecular complexity index is 703. The zero-order chi connectivity index (χ0) is 17.2. The fraction of sp³-hybridized carbons (Fsp3) is 0.353.